The van der Waals surface area contributed by atoms with Crippen LogP contribution in [0.5, 0.6) is 0 Å². The maximum absolute atomic E-state index is 12.0. The molecule has 10 nitrogen and oxygen atoms in total. The summed E-state index contributed by atoms with van der Waals surface area (Å²) in [7, 11) is 1.32. The van der Waals surface area contributed by atoms with E-state index < -0.39 is 19.7 Å². The van der Waals surface area contributed by atoms with Gasteiger partial charge in [0.2, 0.25) is 0 Å². The maximum Gasteiger partial charge on any atom is 0.183 e. The number of pyridine rings is 3. The van der Waals surface area contributed by atoms with Gasteiger partial charge in [0.1, 0.15) is 19.1 Å². The van der Waals surface area contributed by atoms with Gasteiger partial charge in [0, 0.05) is 85.9 Å². The van der Waals surface area contributed by atoms with Crippen molar-refractivity contribution in [3.63, 3.8) is 0 Å². The number of rotatable bonds is 9. The molecule has 0 aliphatic heterocycles. The Labute approximate surface area is 336 Å². The van der Waals surface area contributed by atoms with Crippen molar-refractivity contribution in [2.75, 3.05) is 40.7 Å². The molecule has 0 atom stereocenters. The summed E-state index contributed by atoms with van der Waals surface area (Å²) in [6.07, 6.45) is 11.2. The van der Waals surface area contributed by atoms with Gasteiger partial charge in [0.25, 0.3) is 0 Å². The number of benzene rings is 2. The van der Waals surface area contributed by atoms with E-state index in [1.54, 1.807) is 67.1 Å². The van der Waals surface area contributed by atoms with Gasteiger partial charge in [0.05, 0.1) is 20.5 Å². The number of Topliss-reactive ketones (excluding diaryl/α,β-unsaturated/α-hetero) is 1. The number of carbonyl (C=O) groups is 1. The maximum atomic E-state index is 12.0. The van der Waals surface area contributed by atoms with Crippen molar-refractivity contribution in [3.05, 3.63) is 144 Å². The van der Waals surface area contributed by atoms with Crippen LogP contribution in [0.15, 0.2) is 118 Å². The Bertz CT molecular complexity index is 2330. The Morgan fingerprint density at radius 3 is 1.71 bits per heavy atom. The number of nitrogens with zero attached hydrogens (tertiary/aromatic N) is 5. The van der Waals surface area contributed by atoms with Gasteiger partial charge in [-0.3, -0.25) is 19.7 Å². The highest BCUT2D eigenvalue weighted by molar-refractivity contribution is 7.91. The summed E-state index contributed by atoms with van der Waals surface area (Å²) in [5.74, 6) is -0.0374. The first-order chi connectivity index (χ1) is 25.2. The summed E-state index contributed by atoms with van der Waals surface area (Å²) in [4.78, 5) is 27.3. The van der Waals surface area contributed by atoms with Crippen LogP contribution in [0, 0.1) is 21.3 Å². The third-order valence-electron chi connectivity index (χ3n) is 7.35. The number of aromatic nitrogens is 3. The standard InChI is InChI=1S/C18H15ClN2O2S.C15H15NO3S.C7H14ClN2.CH3/c1-12-3-4-14(10-20-12)18-17(9-15(19)11-21-18)13-5-7-16(8-6-13)24(2,22)23;1-11-3-6-13(10-16-11)15(17)9-12-4-7-14(8-5-12)20(2,18)19;1-9(2)5-7(8)6-10(3)4;/h3-11H,1-2H3;3-8,10H,9H2,1-2H3;5-6H,1-4H3;1H3/q;;+1;-1. The topological polar surface area (TPSA) is 130 Å². The van der Waals surface area contributed by atoms with Crippen molar-refractivity contribution < 1.29 is 26.2 Å². The molecule has 0 fully saturated rings. The van der Waals surface area contributed by atoms with Crippen LogP contribution in [0.1, 0.15) is 27.3 Å². The number of halogens is 2. The lowest BCUT2D eigenvalue weighted by molar-refractivity contribution is -0.458. The monoisotopic (exact) mass is 823 g/mol. The van der Waals surface area contributed by atoms with Crippen LogP contribution in [0.25, 0.3) is 22.4 Å². The van der Waals surface area contributed by atoms with Gasteiger partial charge < -0.3 is 12.3 Å². The van der Waals surface area contributed by atoms with Crippen molar-refractivity contribution in [3.8, 4) is 22.4 Å². The van der Waals surface area contributed by atoms with Crippen LogP contribution in [0.2, 0.25) is 5.02 Å². The molecule has 0 N–H and O–H groups in total. The quantitative estimate of drug-likeness (QED) is 0.0633. The fourth-order valence-electron chi connectivity index (χ4n) is 4.68. The van der Waals surface area contributed by atoms with E-state index in [2.05, 4.69) is 15.0 Å². The van der Waals surface area contributed by atoms with Crippen LogP contribution >= 0.6 is 23.2 Å². The Morgan fingerprint density at radius 1 is 0.745 bits per heavy atom. The number of hydrogen-bond acceptors (Lipinski definition) is 9. The summed E-state index contributed by atoms with van der Waals surface area (Å²) >= 11 is 11.9. The van der Waals surface area contributed by atoms with Crippen LogP contribution < -0.4 is 0 Å². The molecule has 0 saturated carbocycles. The molecule has 0 unspecified atom stereocenters. The van der Waals surface area contributed by atoms with E-state index in [-0.39, 0.29) is 29.4 Å². The van der Waals surface area contributed by atoms with Gasteiger partial charge in [-0.2, -0.15) is 0 Å². The molecule has 0 radical (unpaired) electrons. The van der Waals surface area contributed by atoms with E-state index in [1.165, 1.54) is 18.4 Å². The first kappa shape index (κ1) is 46.4. The number of carbonyl (C=O) groups excluding carboxylic acids is 1. The number of ketones is 1. The predicted octanol–water partition coefficient (Wildman–Crippen LogP) is 7.82. The van der Waals surface area contributed by atoms with Gasteiger partial charge >= 0.3 is 0 Å². The largest absolute Gasteiger partial charge is 0.382 e. The number of sulfone groups is 2. The summed E-state index contributed by atoms with van der Waals surface area (Å²) in [6, 6.07) is 22.3. The number of aryl methyl sites for hydroxylation is 2. The van der Waals surface area contributed by atoms with Crippen molar-refractivity contribution in [2.24, 2.45) is 0 Å². The van der Waals surface area contributed by atoms with Crippen LogP contribution in [-0.4, -0.2) is 94.0 Å². The normalized spacial score (nSPS) is 11.1. The molecule has 0 saturated heterocycles. The van der Waals surface area contributed by atoms with E-state index >= 15 is 0 Å². The van der Waals surface area contributed by atoms with E-state index in [0.717, 1.165) is 50.6 Å². The third-order valence-corrected chi connectivity index (χ3v) is 10.0. The zero-order valence-corrected chi connectivity index (χ0v) is 35.6. The second kappa shape index (κ2) is 20.8. The first-order valence-electron chi connectivity index (χ1n) is 16.4. The average Bonchev–Trinajstić information content (AvgIpc) is 3.08. The van der Waals surface area contributed by atoms with E-state index in [4.69, 9.17) is 23.2 Å². The number of hydrogen-bond donors (Lipinski definition) is 0. The molecule has 0 amide bonds. The van der Waals surface area contributed by atoms with Gasteiger partial charge in [0.15, 0.2) is 31.7 Å². The van der Waals surface area contributed by atoms with Crippen molar-refractivity contribution in [2.45, 2.75) is 30.1 Å². The van der Waals surface area contributed by atoms with Gasteiger partial charge in [-0.1, -0.05) is 47.5 Å². The van der Waals surface area contributed by atoms with Crippen LogP contribution in [0.4, 0.5) is 0 Å². The fraction of sp³-hybridized carbons (Fsp3) is 0.220. The molecule has 5 aromatic rings. The molecule has 55 heavy (non-hydrogen) atoms. The third kappa shape index (κ3) is 15.5. The zero-order chi connectivity index (χ0) is 40.2. The van der Waals surface area contributed by atoms with Crippen molar-refractivity contribution >= 4 is 54.9 Å². The molecular weight excluding hydrogens is 778 g/mol. The summed E-state index contributed by atoms with van der Waals surface area (Å²) in [5, 5.41) is 1.25. The Hall–Kier alpha value is -4.75. The highest BCUT2D eigenvalue weighted by Crippen LogP contribution is 2.32. The molecule has 14 heteroatoms. The Morgan fingerprint density at radius 2 is 1.25 bits per heavy atom. The van der Waals surface area contributed by atoms with Gasteiger partial charge in [-0.25, -0.2) is 21.4 Å². The highest BCUT2D eigenvalue weighted by Gasteiger charge is 2.13. The Kier molecular flexibility index (Phi) is 17.5. The fourth-order valence-corrected chi connectivity index (χ4v) is 6.49. The Balaban J connectivity index is 0.000000306. The van der Waals surface area contributed by atoms with Crippen molar-refractivity contribution in [1.82, 2.24) is 19.9 Å². The lowest BCUT2D eigenvalue weighted by atomic mass is 10.0. The van der Waals surface area contributed by atoms with E-state index in [0.29, 0.717) is 10.6 Å². The van der Waals surface area contributed by atoms with Gasteiger partial charge in [-0.15, -0.1) is 0 Å². The molecule has 0 aliphatic rings. The molecule has 0 spiro atoms. The van der Waals surface area contributed by atoms with E-state index in [1.807, 2.05) is 82.1 Å². The molecule has 5 rings (SSSR count). The molecule has 3 aromatic heterocycles. The highest BCUT2D eigenvalue weighted by atomic mass is 35.5. The lowest BCUT2D eigenvalue weighted by Crippen LogP contribution is -2.05. The van der Waals surface area contributed by atoms with Crippen molar-refractivity contribution in [1.29, 1.82) is 0 Å². The molecule has 2 aromatic carbocycles. The SMILES string of the molecule is CN(C)/C=C(/Cl)C=[N+](C)C.Cc1ccc(-c2ncc(Cl)cc2-c2ccc(S(C)(=O)=O)cc2)cn1.Cc1ccc(C(=O)Cc2ccc(S(C)(=O)=O)cc2)cn1.[CH3-]. The molecule has 292 valence electrons. The zero-order valence-electron chi connectivity index (χ0n) is 32.4. The van der Waals surface area contributed by atoms with E-state index in [9.17, 15) is 21.6 Å². The molecular formula is C41H47Cl2N5O5S2. The lowest BCUT2D eigenvalue weighted by Gasteiger charge is -2.10. The second-order valence-corrected chi connectivity index (χ2v) is 17.7. The molecule has 3 heterocycles. The molecule has 0 aliphatic carbocycles. The first-order valence-corrected chi connectivity index (χ1v) is 21.0. The predicted molar refractivity (Wildman–Crippen MR) is 225 cm³/mol. The molecule has 0 bridgehead atoms. The van der Waals surface area contributed by atoms with Crippen LogP contribution in [0.3, 0.4) is 0 Å². The van der Waals surface area contributed by atoms with Gasteiger partial charge in [-0.05, 0) is 79.6 Å². The summed E-state index contributed by atoms with van der Waals surface area (Å²) in [6.45, 7) is 3.78. The summed E-state index contributed by atoms with van der Waals surface area (Å²) < 4.78 is 47.8. The average molecular weight is 825 g/mol. The van der Waals surface area contributed by atoms with Crippen LogP contribution in [-0.2, 0) is 26.1 Å². The number of allylic oxidation sites excluding steroid dienone is 1. The minimum Gasteiger partial charge on any atom is -0.382 e. The minimum absolute atomic E-state index is 0. The second-order valence-electron chi connectivity index (χ2n) is 12.8. The smallest absolute Gasteiger partial charge is 0.183 e. The summed E-state index contributed by atoms with van der Waals surface area (Å²) in [5.41, 5.74) is 6.41. The minimum atomic E-state index is -3.23.